The van der Waals surface area contributed by atoms with E-state index in [-0.39, 0.29) is 19.1 Å². The van der Waals surface area contributed by atoms with E-state index >= 15 is 0 Å². The van der Waals surface area contributed by atoms with Crippen LogP contribution in [0.15, 0.2) is 6.07 Å². The van der Waals surface area contributed by atoms with Crippen LogP contribution in [0.1, 0.15) is 22.8 Å². The number of nitrogens with two attached hydrogens (primary N) is 1. The molecule has 5 heteroatoms. The Balaban J connectivity index is 2.64. The Labute approximate surface area is 98.3 Å². The van der Waals surface area contributed by atoms with E-state index in [0.29, 0.717) is 28.5 Å². The van der Waals surface area contributed by atoms with Crippen molar-refractivity contribution >= 4 is 17.4 Å². The zero-order valence-corrected chi connectivity index (χ0v) is 9.63. The molecule has 0 bridgehead atoms. The van der Waals surface area contributed by atoms with E-state index in [1.165, 1.54) is 0 Å². The molecule has 0 amide bonds. The van der Waals surface area contributed by atoms with Gasteiger partial charge in [-0.15, -0.1) is 0 Å². The minimum absolute atomic E-state index is 0.0631. The number of ketones is 1. The average molecular weight is 242 g/mol. The first kappa shape index (κ1) is 11.2. The standard InChI is InChI=1S/C11H12ClNO3/c1-2-6-10(8(14)4-13)7(12)3-9-11(6)16-5-15-9/h3H,2,4-5,13H2,1H3. The topological polar surface area (TPSA) is 61.6 Å². The molecular weight excluding hydrogens is 230 g/mol. The number of fused-ring (bicyclic) bond motifs is 1. The molecule has 0 aliphatic carbocycles. The lowest BCUT2D eigenvalue weighted by molar-refractivity contribution is 0.1000. The van der Waals surface area contributed by atoms with Gasteiger partial charge in [0.2, 0.25) is 6.79 Å². The molecule has 0 saturated carbocycles. The zero-order chi connectivity index (χ0) is 11.7. The van der Waals surface area contributed by atoms with Crippen LogP contribution in [0.4, 0.5) is 0 Å². The summed E-state index contributed by atoms with van der Waals surface area (Å²) >= 11 is 6.05. The van der Waals surface area contributed by atoms with Gasteiger partial charge in [0.25, 0.3) is 0 Å². The molecule has 0 radical (unpaired) electrons. The molecule has 2 N–H and O–H groups in total. The van der Waals surface area contributed by atoms with Gasteiger partial charge in [-0.3, -0.25) is 4.79 Å². The molecule has 2 rings (SSSR count). The lowest BCUT2D eigenvalue weighted by atomic mass is 9.99. The molecule has 0 unspecified atom stereocenters. The van der Waals surface area contributed by atoms with Crippen LogP contribution in [-0.2, 0) is 6.42 Å². The van der Waals surface area contributed by atoms with Crippen LogP contribution in [0.2, 0.25) is 5.02 Å². The summed E-state index contributed by atoms with van der Waals surface area (Å²) in [5, 5.41) is 0.372. The third-order valence-corrected chi connectivity index (χ3v) is 2.83. The maximum atomic E-state index is 11.7. The molecular formula is C11H12ClNO3. The van der Waals surface area contributed by atoms with E-state index in [1.54, 1.807) is 6.07 Å². The molecule has 1 aliphatic rings. The lowest BCUT2D eigenvalue weighted by Crippen LogP contribution is -2.16. The van der Waals surface area contributed by atoms with E-state index in [4.69, 9.17) is 26.8 Å². The fourth-order valence-electron chi connectivity index (χ4n) is 1.82. The van der Waals surface area contributed by atoms with Gasteiger partial charge in [-0.25, -0.2) is 0 Å². The zero-order valence-electron chi connectivity index (χ0n) is 8.88. The summed E-state index contributed by atoms with van der Waals surface area (Å²) in [4.78, 5) is 11.7. The van der Waals surface area contributed by atoms with Gasteiger partial charge >= 0.3 is 0 Å². The number of carbonyl (C=O) groups is 1. The summed E-state index contributed by atoms with van der Waals surface area (Å²) in [6.45, 7) is 2.03. The van der Waals surface area contributed by atoms with E-state index in [1.807, 2.05) is 6.92 Å². The Kier molecular flexibility index (Phi) is 3.03. The van der Waals surface area contributed by atoms with Crippen LogP contribution in [0, 0.1) is 0 Å². The molecule has 0 saturated heterocycles. The first-order valence-corrected chi connectivity index (χ1v) is 5.41. The van der Waals surface area contributed by atoms with Crippen LogP contribution in [0.3, 0.4) is 0 Å². The van der Waals surface area contributed by atoms with Crippen molar-refractivity contribution in [2.75, 3.05) is 13.3 Å². The molecule has 0 fully saturated rings. The molecule has 16 heavy (non-hydrogen) atoms. The second-order valence-corrected chi connectivity index (χ2v) is 3.83. The third-order valence-electron chi connectivity index (χ3n) is 2.53. The van der Waals surface area contributed by atoms with Gasteiger partial charge in [0.1, 0.15) is 0 Å². The molecule has 1 heterocycles. The van der Waals surface area contributed by atoms with Gasteiger partial charge < -0.3 is 15.2 Å². The largest absolute Gasteiger partial charge is 0.454 e. The number of benzene rings is 1. The molecule has 0 atom stereocenters. The van der Waals surface area contributed by atoms with Crippen molar-refractivity contribution < 1.29 is 14.3 Å². The SMILES string of the molecule is CCc1c2c(cc(Cl)c1C(=O)CN)OCO2. The van der Waals surface area contributed by atoms with Crippen LogP contribution < -0.4 is 15.2 Å². The summed E-state index contributed by atoms with van der Waals surface area (Å²) < 4.78 is 10.6. The number of halogens is 1. The number of hydrogen-bond donors (Lipinski definition) is 1. The third kappa shape index (κ3) is 1.64. The quantitative estimate of drug-likeness (QED) is 0.820. The van der Waals surface area contributed by atoms with E-state index in [0.717, 1.165) is 5.56 Å². The van der Waals surface area contributed by atoms with E-state index in [2.05, 4.69) is 0 Å². The van der Waals surface area contributed by atoms with Gasteiger partial charge in [-0.05, 0) is 6.42 Å². The van der Waals surface area contributed by atoms with Crippen LogP contribution >= 0.6 is 11.6 Å². The summed E-state index contributed by atoms with van der Waals surface area (Å²) in [5.41, 5.74) is 6.59. The highest BCUT2D eigenvalue weighted by atomic mass is 35.5. The smallest absolute Gasteiger partial charge is 0.231 e. The van der Waals surface area contributed by atoms with Crippen LogP contribution in [-0.4, -0.2) is 19.1 Å². The number of Topliss-reactive ketones (excluding diaryl/α,β-unsaturated/α-hetero) is 1. The predicted molar refractivity (Wildman–Crippen MR) is 60.3 cm³/mol. The molecule has 1 aromatic rings. The highest BCUT2D eigenvalue weighted by Crippen LogP contribution is 2.41. The Morgan fingerprint density at radius 1 is 1.56 bits per heavy atom. The minimum Gasteiger partial charge on any atom is -0.454 e. The number of ether oxygens (including phenoxy) is 2. The summed E-state index contributed by atoms with van der Waals surface area (Å²) in [6, 6.07) is 1.60. The van der Waals surface area contributed by atoms with Crippen molar-refractivity contribution in [3.8, 4) is 11.5 Å². The molecule has 1 aromatic carbocycles. The maximum absolute atomic E-state index is 11.7. The first-order chi connectivity index (χ1) is 7.69. The van der Waals surface area contributed by atoms with Crippen LogP contribution in [0.5, 0.6) is 11.5 Å². The van der Waals surface area contributed by atoms with Crippen molar-refractivity contribution in [2.45, 2.75) is 13.3 Å². The highest BCUT2D eigenvalue weighted by Gasteiger charge is 2.25. The highest BCUT2D eigenvalue weighted by molar-refractivity contribution is 6.34. The maximum Gasteiger partial charge on any atom is 0.231 e. The molecule has 0 spiro atoms. The normalized spacial score (nSPS) is 12.9. The van der Waals surface area contributed by atoms with Gasteiger partial charge in [0.15, 0.2) is 17.3 Å². The van der Waals surface area contributed by atoms with Crippen molar-refractivity contribution in [2.24, 2.45) is 5.73 Å². The molecule has 4 nitrogen and oxygen atoms in total. The number of rotatable bonds is 3. The fourth-order valence-corrected chi connectivity index (χ4v) is 2.14. The second kappa shape index (κ2) is 4.31. The van der Waals surface area contributed by atoms with E-state index < -0.39 is 0 Å². The Bertz CT molecular complexity index is 445. The monoisotopic (exact) mass is 241 g/mol. The lowest BCUT2D eigenvalue weighted by Gasteiger charge is -2.11. The summed E-state index contributed by atoms with van der Waals surface area (Å²) in [6.07, 6.45) is 0.646. The fraction of sp³-hybridized carbons (Fsp3) is 0.364. The number of carbonyl (C=O) groups excluding carboxylic acids is 1. The summed E-state index contributed by atoms with van der Waals surface area (Å²) in [5.74, 6) is 1.03. The minimum atomic E-state index is -0.180. The van der Waals surface area contributed by atoms with Crippen molar-refractivity contribution in [1.29, 1.82) is 0 Å². The Hall–Kier alpha value is -1.26. The number of hydrogen-bond acceptors (Lipinski definition) is 4. The molecule has 86 valence electrons. The predicted octanol–water partition coefficient (Wildman–Crippen LogP) is 1.77. The van der Waals surface area contributed by atoms with Crippen LogP contribution in [0.25, 0.3) is 0 Å². The Morgan fingerprint density at radius 2 is 2.31 bits per heavy atom. The van der Waals surface area contributed by atoms with Crippen molar-refractivity contribution in [3.63, 3.8) is 0 Å². The van der Waals surface area contributed by atoms with Gasteiger partial charge in [0.05, 0.1) is 11.6 Å². The van der Waals surface area contributed by atoms with Crippen molar-refractivity contribution in [1.82, 2.24) is 0 Å². The van der Waals surface area contributed by atoms with Gasteiger partial charge in [-0.2, -0.15) is 0 Å². The Morgan fingerprint density at radius 3 is 2.94 bits per heavy atom. The van der Waals surface area contributed by atoms with Gasteiger partial charge in [-0.1, -0.05) is 18.5 Å². The molecule has 1 aliphatic heterocycles. The summed E-state index contributed by atoms with van der Waals surface area (Å²) in [7, 11) is 0. The first-order valence-electron chi connectivity index (χ1n) is 5.03. The van der Waals surface area contributed by atoms with E-state index in [9.17, 15) is 4.79 Å². The average Bonchev–Trinajstić information content (AvgIpc) is 2.73. The van der Waals surface area contributed by atoms with Gasteiger partial charge in [0, 0.05) is 17.2 Å². The van der Waals surface area contributed by atoms with Crippen molar-refractivity contribution in [3.05, 3.63) is 22.2 Å². The second-order valence-electron chi connectivity index (χ2n) is 3.43. The molecule has 0 aromatic heterocycles.